The van der Waals surface area contributed by atoms with Gasteiger partial charge in [0.25, 0.3) is 11.5 Å². The van der Waals surface area contributed by atoms with Crippen molar-refractivity contribution in [2.45, 2.75) is 26.8 Å². The lowest BCUT2D eigenvalue weighted by molar-refractivity contribution is -0.116. The Bertz CT molecular complexity index is 1070. The number of aromatic nitrogens is 2. The summed E-state index contributed by atoms with van der Waals surface area (Å²) in [4.78, 5) is 41.5. The van der Waals surface area contributed by atoms with Crippen LogP contribution in [-0.4, -0.2) is 21.4 Å². The van der Waals surface area contributed by atoms with Crippen LogP contribution in [0.5, 0.6) is 0 Å². The molecule has 0 saturated carbocycles. The topological polar surface area (TPSA) is 107 Å². The van der Waals surface area contributed by atoms with Crippen LogP contribution in [0.25, 0.3) is 10.2 Å². The molecule has 0 aliphatic heterocycles. The molecule has 2 aromatic heterocycles. The molecular weight excluding hydrogens is 352 g/mol. The summed E-state index contributed by atoms with van der Waals surface area (Å²) in [6.07, 6.45) is 2.10. The summed E-state index contributed by atoms with van der Waals surface area (Å²) in [5.41, 5.74) is 7.21. The molecule has 7 nitrogen and oxygen atoms in total. The Morgan fingerprint density at radius 1 is 1.31 bits per heavy atom. The van der Waals surface area contributed by atoms with Gasteiger partial charge < -0.3 is 11.1 Å². The number of carbonyl (C=O) groups excluding carboxylic acids is 2. The first-order valence-electron chi connectivity index (χ1n) is 8.08. The number of amides is 2. The number of aryl methyl sites for hydroxylation is 2. The molecule has 0 radical (unpaired) electrons. The van der Waals surface area contributed by atoms with E-state index >= 15 is 0 Å². The minimum Gasteiger partial charge on any atom is -0.365 e. The molecule has 0 aliphatic rings. The third-order valence-electron chi connectivity index (χ3n) is 4.13. The quantitative estimate of drug-likeness (QED) is 0.717. The van der Waals surface area contributed by atoms with Crippen LogP contribution in [0, 0.1) is 6.92 Å². The van der Waals surface area contributed by atoms with E-state index in [1.807, 2.05) is 31.2 Å². The summed E-state index contributed by atoms with van der Waals surface area (Å²) in [6, 6.07) is 7.51. The Labute approximate surface area is 153 Å². The van der Waals surface area contributed by atoms with E-state index in [9.17, 15) is 14.4 Å². The molecule has 0 fully saturated rings. The number of hydrogen-bond acceptors (Lipinski definition) is 5. The molecule has 8 heteroatoms. The SMILES string of the molecule is CCc1ccccc1NC(=O)Cn1cnc2sc(C(N)=O)c(C)c2c1=O. The lowest BCUT2D eigenvalue weighted by Gasteiger charge is -2.10. The normalized spacial score (nSPS) is 10.8. The zero-order chi connectivity index (χ0) is 18.8. The summed E-state index contributed by atoms with van der Waals surface area (Å²) in [5, 5.41) is 3.15. The van der Waals surface area contributed by atoms with Crippen molar-refractivity contribution in [2.75, 3.05) is 5.32 Å². The number of fused-ring (bicyclic) bond motifs is 1. The number of anilines is 1. The van der Waals surface area contributed by atoms with Crippen molar-refractivity contribution in [2.24, 2.45) is 5.73 Å². The molecule has 3 rings (SSSR count). The summed E-state index contributed by atoms with van der Waals surface area (Å²) in [5.74, 6) is -0.914. The highest BCUT2D eigenvalue weighted by atomic mass is 32.1. The molecule has 0 atom stereocenters. The molecule has 3 aromatic rings. The zero-order valence-corrected chi connectivity index (χ0v) is 15.2. The van der Waals surface area contributed by atoms with Gasteiger partial charge in [0.05, 0.1) is 16.6 Å². The van der Waals surface area contributed by atoms with Crippen molar-refractivity contribution in [3.05, 3.63) is 57.0 Å². The maximum absolute atomic E-state index is 12.7. The first-order chi connectivity index (χ1) is 12.4. The van der Waals surface area contributed by atoms with Gasteiger partial charge in [0.15, 0.2) is 0 Å². The van der Waals surface area contributed by atoms with Gasteiger partial charge in [-0.1, -0.05) is 25.1 Å². The molecule has 0 aliphatic carbocycles. The zero-order valence-electron chi connectivity index (χ0n) is 14.4. The standard InChI is InChI=1S/C18H18N4O3S/c1-3-11-6-4-5-7-12(11)21-13(23)8-22-9-20-17-14(18(22)25)10(2)15(26-17)16(19)24/h4-7,9H,3,8H2,1-2H3,(H2,19,24)(H,21,23). The summed E-state index contributed by atoms with van der Waals surface area (Å²) in [6.45, 7) is 3.49. The van der Waals surface area contributed by atoms with Gasteiger partial charge in [-0.3, -0.25) is 19.0 Å². The van der Waals surface area contributed by atoms with E-state index in [4.69, 9.17) is 5.73 Å². The first kappa shape index (κ1) is 17.8. The summed E-state index contributed by atoms with van der Waals surface area (Å²) in [7, 11) is 0. The first-order valence-corrected chi connectivity index (χ1v) is 8.90. The lowest BCUT2D eigenvalue weighted by atomic mass is 10.1. The number of hydrogen-bond donors (Lipinski definition) is 2. The fourth-order valence-electron chi connectivity index (χ4n) is 2.80. The Hall–Kier alpha value is -3.00. The largest absolute Gasteiger partial charge is 0.365 e. The average Bonchev–Trinajstić information content (AvgIpc) is 2.95. The number of nitrogens with one attached hydrogen (secondary N) is 1. The highest BCUT2D eigenvalue weighted by Gasteiger charge is 2.18. The van der Waals surface area contributed by atoms with Gasteiger partial charge in [0.2, 0.25) is 5.91 Å². The summed E-state index contributed by atoms with van der Waals surface area (Å²) < 4.78 is 1.23. The molecule has 2 heterocycles. The second-order valence-electron chi connectivity index (χ2n) is 5.84. The Morgan fingerprint density at radius 2 is 2.04 bits per heavy atom. The van der Waals surface area contributed by atoms with Crippen LogP contribution < -0.4 is 16.6 Å². The number of para-hydroxylation sites is 1. The van der Waals surface area contributed by atoms with Gasteiger partial charge in [0.1, 0.15) is 11.4 Å². The smallest absolute Gasteiger partial charge is 0.262 e. The van der Waals surface area contributed by atoms with Crippen molar-refractivity contribution in [1.82, 2.24) is 9.55 Å². The second-order valence-corrected chi connectivity index (χ2v) is 6.84. The van der Waals surface area contributed by atoms with Gasteiger partial charge in [-0.15, -0.1) is 11.3 Å². The van der Waals surface area contributed by atoms with Crippen LogP contribution in [0.4, 0.5) is 5.69 Å². The Kier molecular flexibility index (Phi) is 4.85. The van der Waals surface area contributed by atoms with E-state index in [2.05, 4.69) is 10.3 Å². The molecule has 2 amide bonds. The maximum atomic E-state index is 12.7. The molecule has 0 unspecified atom stereocenters. The Morgan fingerprint density at radius 3 is 2.73 bits per heavy atom. The van der Waals surface area contributed by atoms with Crippen molar-refractivity contribution in [1.29, 1.82) is 0 Å². The van der Waals surface area contributed by atoms with Crippen molar-refractivity contribution >= 4 is 39.1 Å². The minimum atomic E-state index is -0.592. The van der Waals surface area contributed by atoms with Gasteiger partial charge in [-0.2, -0.15) is 0 Å². The average molecular weight is 370 g/mol. The number of carbonyl (C=O) groups is 2. The van der Waals surface area contributed by atoms with Crippen molar-refractivity contribution in [3.63, 3.8) is 0 Å². The van der Waals surface area contributed by atoms with Crippen molar-refractivity contribution < 1.29 is 9.59 Å². The fourth-order valence-corrected chi connectivity index (χ4v) is 3.79. The van der Waals surface area contributed by atoms with E-state index in [0.717, 1.165) is 29.0 Å². The highest BCUT2D eigenvalue weighted by Crippen LogP contribution is 2.26. The van der Waals surface area contributed by atoms with Crippen LogP contribution in [-0.2, 0) is 17.8 Å². The Balaban J connectivity index is 1.90. The third kappa shape index (κ3) is 3.23. The molecular formula is C18H18N4O3S. The van der Waals surface area contributed by atoms with E-state index in [0.29, 0.717) is 20.7 Å². The van der Waals surface area contributed by atoms with Crippen molar-refractivity contribution in [3.8, 4) is 0 Å². The molecule has 1 aromatic carbocycles. The fraction of sp³-hybridized carbons (Fsp3) is 0.222. The molecule has 0 bridgehead atoms. The number of nitrogens with two attached hydrogens (primary N) is 1. The van der Waals surface area contributed by atoms with Gasteiger partial charge in [0, 0.05) is 5.69 Å². The monoisotopic (exact) mass is 370 g/mol. The number of primary amides is 1. The molecule has 0 spiro atoms. The molecule has 134 valence electrons. The molecule has 0 saturated heterocycles. The number of thiophene rings is 1. The van der Waals surface area contributed by atoms with Crippen LogP contribution in [0.15, 0.2) is 35.4 Å². The second kappa shape index (κ2) is 7.09. The molecule has 3 N–H and O–H groups in total. The summed E-state index contributed by atoms with van der Waals surface area (Å²) >= 11 is 1.08. The van der Waals surface area contributed by atoms with E-state index < -0.39 is 5.91 Å². The lowest BCUT2D eigenvalue weighted by Crippen LogP contribution is -2.28. The number of nitrogens with zero attached hydrogens (tertiary/aromatic N) is 2. The molecule has 26 heavy (non-hydrogen) atoms. The number of benzene rings is 1. The third-order valence-corrected chi connectivity index (χ3v) is 5.34. The number of rotatable bonds is 5. The minimum absolute atomic E-state index is 0.166. The maximum Gasteiger partial charge on any atom is 0.262 e. The highest BCUT2D eigenvalue weighted by molar-refractivity contribution is 7.20. The van der Waals surface area contributed by atoms with Gasteiger partial charge >= 0.3 is 0 Å². The van der Waals surface area contributed by atoms with Gasteiger partial charge in [-0.05, 0) is 30.5 Å². The van der Waals surface area contributed by atoms with Gasteiger partial charge in [-0.25, -0.2) is 4.98 Å². The van der Waals surface area contributed by atoms with Crippen LogP contribution in [0.1, 0.15) is 27.7 Å². The van der Waals surface area contributed by atoms with E-state index in [-0.39, 0.29) is 18.0 Å². The van der Waals surface area contributed by atoms with E-state index in [1.165, 1.54) is 10.9 Å². The van der Waals surface area contributed by atoms with Crippen LogP contribution >= 0.6 is 11.3 Å². The van der Waals surface area contributed by atoms with Crippen LogP contribution in [0.3, 0.4) is 0 Å². The van der Waals surface area contributed by atoms with Crippen LogP contribution in [0.2, 0.25) is 0 Å². The predicted molar refractivity (Wildman–Crippen MR) is 102 cm³/mol. The predicted octanol–water partition coefficient (Wildman–Crippen LogP) is 2.07. The van der Waals surface area contributed by atoms with E-state index in [1.54, 1.807) is 6.92 Å².